The molecule has 0 N–H and O–H groups in total. The molecule has 0 radical (unpaired) electrons. The number of ketones is 1. The van der Waals surface area contributed by atoms with Crippen LogP contribution < -0.4 is 0 Å². The van der Waals surface area contributed by atoms with Crippen LogP contribution in [0.5, 0.6) is 0 Å². The lowest BCUT2D eigenvalue weighted by Crippen LogP contribution is -2.70. The van der Waals surface area contributed by atoms with E-state index in [1.807, 2.05) is 25.5 Å². The lowest BCUT2D eigenvalue weighted by Gasteiger charge is -2.46. The minimum atomic E-state index is -2.73. The van der Waals surface area contributed by atoms with Gasteiger partial charge >= 0.3 is 8.56 Å². The van der Waals surface area contributed by atoms with Crippen molar-refractivity contribution in [1.82, 2.24) is 4.90 Å². The van der Waals surface area contributed by atoms with Gasteiger partial charge in [-0.2, -0.15) is 0 Å². The van der Waals surface area contributed by atoms with Gasteiger partial charge in [0.2, 0.25) is 5.78 Å². The van der Waals surface area contributed by atoms with Crippen molar-refractivity contribution >= 4 is 31.2 Å². The minimum Gasteiger partial charge on any atom is -0.397 e. The van der Waals surface area contributed by atoms with Gasteiger partial charge in [0.05, 0.1) is 0 Å². The Bertz CT molecular complexity index is 379. The Morgan fingerprint density at radius 3 is 2.40 bits per heavy atom. The standard InChI is InChI=1S/C13H25NO4SSi/c1-6-7-8-13(11(15)12(16)19-13)20(5,17-4)18-10-9-14(2)3/h6-10H2,1-5H3. The highest BCUT2D eigenvalue weighted by atomic mass is 32.2. The molecule has 0 spiro atoms. The molecule has 5 nitrogen and oxygen atoms in total. The van der Waals surface area contributed by atoms with Crippen molar-refractivity contribution in [2.24, 2.45) is 0 Å². The van der Waals surface area contributed by atoms with Crippen LogP contribution in [-0.2, 0) is 18.4 Å². The zero-order valence-corrected chi connectivity index (χ0v) is 14.8. The third-order valence-corrected chi connectivity index (χ3v) is 9.75. The normalized spacial score (nSPS) is 25.7. The molecule has 0 aromatic carbocycles. The molecular formula is C13H25NO4SSi. The Labute approximate surface area is 126 Å². The Balaban J connectivity index is 2.85. The highest BCUT2D eigenvalue weighted by molar-refractivity contribution is 8.22. The molecule has 20 heavy (non-hydrogen) atoms. The lowest BCUT2D eigenvalue weighted by molar-refractivity contribution is -0.134. The number of nitrogens with zero attached hydrogens (tertiary/aromatic N) is 1. The largest absolute Gasteiger partial charge is 0.397 e. The average Bonchev–Trinajstić information content (AvgIpc) is 2.41. The summed E-state index contributed by atoms with van der Waals surface area (Å²) in [6.07, 6.45) is 2.54. The number of thioether (sulfide) groups is 1. The molecule has 1 aliphatic heterocycles. The summed E-state index contributed by atoms with van der Waals surface area (Å²) < 4.78 is 10.9. The average molecular weight is 319 g/mol. The third-order valence-electron chi connectivity index (χ3n) is 3.74. The van der Waals surface area contributed by atoms with Gasteiger partial charge in [-0.15, -0.1) is 0 Å². The van der Waals surface area contributed by atoms with E-state index in [4.69, 9.17) is 8.85 Å². The highest BCUT2D eigenvalue weighted by Gasteiger charge is 2.68. The molecule has 0 saturated carbocycles. The minimum absolute atomic E-state index is 0.309. The first kappa shape index (κ1) is 17.8. The van der Waals surface area contributed by atoms with Crippen LogP contribution in [0, 0.1) is 0 Å². The van der Waals surface area contributed by atoms with E-state index in [1.165, 1.54) is 0 Å². The zero-order chi connectivity index (χ0) is 15.4. The van der Waals surface area contributed by atoms with Crippen LogP contribution in [0.4, 0.5) is 0 Å². The fourth-order valence-corrected chi connectivity index (χ4v) is 6.97. The second-order valence-electron chi connectivity index (χ2n) is 5.45. The Kier molecular flexibility index (Phi) is 6.40. The number of hydrogen-bond acceptors (Lipinski definition) is 6. The fraction of sp³-hybridized carbons (Fsp3) is 0.846. The number of carbonyl (C=O) groups is 2. The molecule has 2 unspecified atom stereocenters. The van der Waals surface area contributed by atoms with Gasteiger partial charge in [-0.25, -0.2) is 0 Å². The van der Waals surface area contributed by atoms with Crippen molar-refractivity contribution in [2.45, 2.75) is 37.1 Å². The predicted octanol–water partition coefficient (Wildman–Crippen LogP) is 1.59. The van der Waals surface area contributed by atoms with Crippen molar-refractivity contribution in [3.8, 4) is 0 Å². The second kappa shape index (κ2) is 7.17. The number of rotatable bonds is 9. The summed E-state index contributed by atoms with van der Waals surface area (Å²) in [4.78, 5) is 25.7. The molecule has 0 aliphatic carbocycles. The van der Waals surface area contributed by atoms with Gasteiger partial charge in [-0.05, 0) is 27.1 Å². The van der Waals surface area contributed by atoms with Crippen LogP contribution >= 0.6 is 11.8 Å². The maximum atomic E-state index is 12.2. The summed E-state index contributed by atoms with van der Waals surface area (Å²) in [6, 6.07) is 0. The number of likely N-dealkylation sites (N-methyl/N-ethyl adjacent to an activating group) is 1. The smallest absolute Gasteiger partial charge is 0.360 e. The molecule has 116 valence electrons. The van der Waals surface area contributed by atoms with E-state index < -0.39 is 12.9 Å². The molecule has 0 aromatic rings. The SMILES string of the molecule is CCCCC1([Si](C)(OC)OCCN(C)C)SC(=O)C1=O. The Hall–Kier alpha value is -0.213. The maximum absolute atomic E-state index is 12.2. The van der Waals surface area contributed by atoms with Crippen LogP contribution in [-0.4, -0.2) is 63.1 Å². The van der Waals surface area contributed by atoms with Crippen molar-refractivity contribution in [1.29, 1.82) is 0 Å². The van der Waals surface area contributed by atoms with Gasteiger partial charge in [0.1, 0.15) is 4.37 Å². The number of carbonyl (C=O) groups excluding carboxylic acids is 2. The summed E-state index contributed by atoms with van der Waals surface area (Å²) in [5.74, 6) is -0.309. The molecule has 0 aromatic heterocycles. The first-order valence-electron chi connectivity index (χ1n) is 6.94. The van der Waals surface area contributed by atoms with Crippen LogP contribution in [0.3, 0.4) is 0 Å². The van der Waals surface area contributed by atoms with E-state index in [1.54, 1.807) is 7.11 Å². The molecule has 1 fully saturated rings. The Morgan fingerprint density at radius 2 is 2.00 bits per heavy atom. The molecule has 1 heterocycles. The van der Waals surface area contributed by atoms with Gasteiger partial charge in [0.25, 0.3) is 5.12 Å². The zero-order valence-electron chi connectivity index (χ0n) is 13.0. The van der Waals surface area contributed by atoms with E-state index in [-0.39, 0.29) is 10.9 Å². The first-order valence-corrected chi connectivity index (χ1v) is 10.1. The van der Waals surface area contributed by atoms with Crippen molar-refractivity contribution in [3.63, 3.8) is 0 Å². The van der Waals surface area contributed by atoms with Gasteiger partial charge in [0.15, 0.2) is 0 Å². The summed E-state index contributed by atoms with van der Waals surface area (Å²) in [7, 11) is 2.79. The first-order chi connectivity index (χ1) is 9.33. The molecule has 0 amide bonds. The van der Waals surface area contributed by atoms with Crippen LogP contribution in [0.25, 0.3) is 0 Å². The molecule has 0 bridgehead atoms. The molecule has 1 aliphatic rings. The molecule has 7 heteroatoms. The highest BCUT2D eigenvalue weighted by Crippen LogP contribution is 2.49. The monoisotopic (exact) mass is 319 g/mol. The van der Waals surface area contributed by atoms with Crippen molar-refractivity contribution in [2.75, 3.05) is 34.4 Å². The molecule has 1 rings (SSSR count). The van der Waals surface area contributed by atoms with Gasteiger partial charge in [-0.1, -0.05) is 31.5 Å². The molecular weight excluding hydrogens is 294 g/mol. The fourth-order valence-electron chi connectivity index (χ4n) is 2.25. The predicted molar refractivity (Wildman–Crippen MR) is 83.0 cm³/mol. The topological polar surface area (TPSA) is 55.8 Å². The number of hydrogen-bond donors (Lipinski definition) is 0. The third kappa shape index (κ3) is 3.33. The summed E-state index contributed by atoms with van der Waals surface area (Å²) in [5.41, 5.74) is 0. The van der Waals surface area contributed by atoms with Crippen LogP contribution in [0.1, 0.15) is 26.2 Å². The summed E-state index contributed by atoms with van der Waals surface area (Å²) in [5, 5.41) is -0.354. The van der Waals surface area contributed by atoms with Crippen LogP contribution in [0.15, 0.2) is 0 Å². The van der Waals surface area contributed by atoms with Gasteiger partial charge in [0, 0.05) is 20.3 Å². The van der Waals surface area contributed by atoms with Crippen LogP contribution in [0.2, 0.25) is 6.55 Å². The quantitative estimate of drug-likeness (QED) is 0.475. The van der Waals surface area contributed by atoms with Crippen molar-refractivity contribution in [3.05, 3.63) is 0 Å². The van der Waals surface area contributed by atoms with E-state index in [9.17, 15) is 9.59 Å². The number of unbranched alkanes of at least 4 members (excludes halogenated alkanes) is 1. The Morgan fingerprint density at radius 1 is 1.35 bits per heavy atom. The number of Topliss-reactive ketones (excluding diaryl/α,β-unsaturated/α-hetero) is 1. The lowest BCUT2D eigenvalue weighted by atomic mass is 10.1. The maximum Gasteiger partial charge on any atom is 0.360 e. The van der Waals surface area contributed by atoms with E-state index in [2.05, 4.69) is 6.92 Å². The molecule has 1 saturated heterocycles. The summed E-state index contributed by atoms with van der Waals surface area (Å²) in [6.45, 7) is 5.25. The summed E-state index contributed by atoms with van der Waals surface area (Å²) >= 11 is 1.12. The van der Waals surface area contributed by atoms with Crippen molar-refractivity contribution < 1.29 is 18.4 Å². The second-order valence-corrected chi connectivity index (χ2v) is 10.5. The van der Waals surface area contributed by atoms with E-state index in [0.717, 1.165) is 31.1 Å². The van der Waals surface area contributed by atoms with Gasteiger partial charge in [-0.3, -0.25) is 9.59 Å². The van der Waals surface area contributed by atoms with Gasteiger partial charge < -0.3 is 13.8 Å². The molecule has 2 atom stereocenters. The van der Waals surface area contributed by atoms with E-state index >= 15 is 0 Å². The van der Waals surface area contributed by atoms with E-state index in [0.29, 0.717) is 13.0 Å².